The smallest absolute Gasteiger partial charge is 0.253 e. The van der Waals surface area contributed by atoms with Crippen LogP contribution >= 0.6 is 11.6 Å². The normalized spacial score (nSPS) is 17.2. The Labute approximate surface area is 168 Å². The van der Waals surface area contributed by atoms with Gasteiger partial charge in [0.25, 0.3) is 5.91 Å². The lowest BCUT2D eigenvalue weighted by Gasteiger charge is -2.17. The van der Waals surface area contributed by atoms with Gasteiger partial charge >= 0.3 is 0 Å². The molecule has 5 nitrogen and oxygen atoms in total. The highest BCUT2D eigenvalue weighted by Gasteiger charge is 2.36. The summed E-state index contributed by atoms with van der Waals surface area (Å²) in [5, 5.41) is 0.808. The van der Waals surface area contributed by atoms with Crippen molar-refractivity contribution in [2.24, 2.45) is 0 Å². The first-order chi connectivity index (χ1) is 13.4. The van der Waals surface area contributed by atoms with Crippen molar-refractivity contribution >= 4 is 38.2 Å². The Morgan fingerprint density at radius 2 is 1.89 bits per heavy atom. The third-order valence-electron chi connectivity index (χ3n) is 5.22. The Hall–Kier alpha value is -2.44. The summed E-state index contributed by atoms with van der Waals surface area (Å²) in [6.07, 6.45) is 2.16. The number of aryl methyl sites for hydroxylation is 1. The third-order valence-corrected chi connectivity index (χ3v) is 7.66. The standard InChI is InChI=1S/C21H19ClN2O3S/c1-14-8-10-23-20-7-2-15(12-19(14)20)21(25)24-11-9-18(13-24)28(26,27)17-5-3-16(22)4-6-17/h2-8,10,12,18H,9,11,13H2,1H3. The first kappa shape index (κ1) is 18.9. The van der Waals surface area contributed by atoms with Crippen molar-refractivity contribution in [3.05, 3.63) is 70.9 Å². The van der Waals surface area contributed by atoms with E-state index >= 15 is 0 Å². The molecule has 1 amide bonds. The minimum absolute atomic E-state index is 0.154. The predicted molar refractivity (Wildman–Crippen MR) is 109 cm³/mol. The fourth-order valence-electron chi connectivity index (χ4n) is 3.58. The van der Waals surface area contributed by atoms with Crippen molar-refractivity contribution in [1.29, 1.82) is 0 Å². The molecule has 28 heavy (non-hydrogen) atoms. The van der Waals surface area contributed by atoms with E-state index in [2.05, 4.69) is 4.98 Å². The topological polar surface area (TPSA) is 67.3 Å². The highest BCUT2D eigenvalue weighted by molar-refractivity contribution is 7.92. The highest BCUT2D eigenvalue weighted by Crippen LogP contribution is 2.27. The maximum absolute atomic E-state index is 12.9. The van der Waals surface area contributed by atoms with Crippen LogP contribution in [0.2, 0.25) is 5.02 Å². The van der Waals surface area contributed by atoms with Gasteiger partial charge in [-0.1, -0.05) is 11.6 Å². The maximum Gasteiger partial charge on any atom is 0.253 e. The number of fused-ring (bicyclic) bond motifs is 1. The van der Waals surface area contributed by atoms with Crippen molar-refractivity contribution in [3.63, 3.8) is 0 Å². The molecule has 2 heterocycles. The summed E-state index contributed by atoms with van der Waals surface area (Å²) in [7, 11) is -3.51. The van der Waals surface area contributed by atoms with Gasteiger partial charge in [-0.05, 0) is 67.4 Å². The molecule has 2 aromatic carbocycles. The van der Waals surface area contributed by atoms with E-state index in [4.69, 9.17) is 11.6 Å². The number of hydrogen-bond acceptors (Lipinski definition) is 4. The van der Waals surface area contributed by atoms with Crippen LogP contribution in [-0.2, 0) is 9.84 Å². The average molecular weight is 415 g/mol. The van der Waals surface area contributed by atoms with Crippen LogP contribution in [0.3, 0.4) is 0 Å². The number of halogens is 1. The van der Waals surface area contributed by atoms with Crippen molar-refractivity contribution in [2.45, 2.75) is 23.5 Å². The molecule has 1 aromatic heterocycles. The lowest BCUT2D eigenvalue weighted by molar-refractivity contribution is 0.0793. The number of rotatable bonds is 3. The van der Waals surface area contributed by atoms with E-state index in [9.17, 15) is 13.2 Å². The zero-order chi connectivity index (χ0) is 19.9. The molecule has 1 unspecified atom stereocenters. The molecule has 0 aliphatic carbocycles. The van der Waals surface area contributed by atoms with Crippen LogP contribution < -0.4 is 0 Å². The molecule has 0 saturated carbocycles. The molecule has 3 aromatic rings. The number of amides is 1. The quantitative estimate of drug-likeness (QED) is 0.652. The van der Waals surface area contributed by atoms with Gasteiger partial charge in [0.15, 0.2) is 9.84 Å². The first-order valence-electron chi connectivity index (χ1n) is 9.00. The van der Waals surface area contributed by atoms with E-state index in [0.29, 0.717) is 23.6 Å². The Morgan fingerprint density at radius 3 is 2.64 bits per heavy atom. The number of hydrogen-bond donors (Lipinski definition) is 0. The molecule has 1 aliphatic rings. The summed E-state index contributed by atoms with van der Waals surface area (Å²) in [6.45, 7) is 2.58. The van der Waals surface area contributed by atoms with Crippen LogP contribution in [0.4, 0.5) is 0 Å². The van der Waals surface area contributed by atoms with Crippen molar-refractivity contribution in [2.75, 3.05) is 13.1 Å². The van der Waals surface area contributed by atoms with Gasteiger partial charge in [-0.2, -0.15) is 0 Å². The fraction of sp³-hybridized carbons (Fsp3) is 0.238. The van der Waals surface area contributed by atoms with Gasteiger partial charge in [0.1, 0.15) is 0 Å². The van der Waals surface area contributed by atoms with Gasteiger partial charge in [0.2, 0.25) is 0 Å². The van der Waals surface area contributed by atoms with Crippen molar-refractivity contribution in [1.82, 2.24) is 9.88 Å². The first-order valence-corrected chi connectivity index (χ1v) is 10.9. The third kappa shape index (κ3) is 3.38. The Bertz CT molecular complexity index is 1160. The molecule has 0 bridgehead atoms. The monoisotopic (exact) mass is 414 g/mol. The van der Waals surface area contributed by atoms with E-state index in [-0.39, 0.29) is 17.3 Å². The number of aromatic nitrogens is 1. The average Bonchev–Trinajstić information content (AvgIpc) is 3.19. The molecule has 7 heteroatoms. The van der Waals surface area contributed by atoms with Crippen LogP contribution in [0, 0.1) is 6.92 Å². The van der Waals surface area contributed by atoms with Gasteiger partial charge in [-0.3, -0.25) is 9.78 Å². The second kappa shape index (κ2) is 7.18. The van der Waals surface area contributed by atoms with Gasteiger partial charge in [0, 0.05) is 35.3 Å². The predicted octanol–water partition coefficient (Wildman–Crippen LogP) is 3.89. The summed E-state index contributed by atoms with van der Waals surface area (Å²) in [6, 6.07) is 13.5. The summed E-state index contributed by atoms with van der Waals surface area (Å²) >= 11 is 5.85. The van der Waals surface area contributed by atoms with E-state index in [1.54, 1.807) is 29.3 Å². The van der Waals surface area contributed by atoms with E-state index in [1.807, 2.05) is 25.1 Å². The fourth-order valence-corrected chi connectivity index (χ4v) is 5.40. The molecule has 1 saturated heterocycles. The summed E-state index contributed by atoms with van der Waals surface area (Å²) < 4.78 is 25.8. The molecule has 0 radical (unpaired) electrons. The molecular formula is C21H19ClN2O3S. The number of pyridine rings is 1. The zero-order valence-corrected chi connectivity index (χ0v) is 16.9. The second-order valence-electron chi connectivity index (χ2n) is 7.02. The Balaban J connectivity index is 1.56. The maximum atomic E-state index is 12.9. The largest absolute Gasteiger partial charge is 0.337 e. The number of carbonyl (C=O) groups excluding carboxylic acids is 1. The minimum Gasteiger partial charge on any atom is -0.337 e. The van der Waals surface area contributed by atoms with Crippen LogP contribution in [0.1, 0.15) is 22.3 Å². The molecule has 1 aliphatic heterocycles. The molecular weight excluding hydrogens is 396 g/mol. The van der Waals surface area contributed by atoms with Gasteiger partial charge in [0.05, 0.1) is 15.7 Å². The van der Waals surface area contributed by atoms with Crippen molar-refractivity contribution < 1.29 is 13.2 Å². The number of carbonyl (C=O) groups is 1. The molecule has 0 N–H and O–H groups in total. The van der Waals surface area contributed by atoms with E-state index < -0.39 is 15.1 Å². The van der Waals surface area contributed by atoms with Gasteiger partial charge in [-0.25, -0.2) is 8.42 Å². The molecule has 0 spiro atoms. The molecule has 144 valence electrons. The van der Waals surface area contributed by atoms with Gasteiger partial charge < -0.3 is 4.90 Å². The molecule has 1 atom stereocenters. The van der Waals surface area contributed by atoms with Gasteiger partial charge in [-0.15, -0.1) is 0 Å². The highest BCUT2D eigenvalue weighted by atomic mass is 35.5. The number of sulfone groups is 1. The zero-order valence-electron chi connectivity index (χ0n) is 15.3. The molecule has 4 rings (SSSR count). The lowest BCUT2D eigenvalue weighted by atomic mass is 10.1. The van der Waals surface area contributed by atoms with Crippen molar-refractivity contribution in [3.8, 4) is 0 Å². The van der Waals surface area contributed by atoms with Crippen LogP contribution in [0.5, 0.6) is 0 Å². The second-order valence-corrected chi connectivity index (χ2v) is 9.69. The van der Waals surface area contributed by atoms with Crippen LogP contribution in [0.15, 0.2) is 59.6 Å². The Kier molecular flexibility index (Phi) is 4.85. The Morgan fingerprint density at radius 1 is 1.14 bits per heavy atom. The van der Waals surface area contributed by atoms with Crippen LogP contribution in [-0.4, -0.2) is 42.5 Å². The summed E-state index contributed by atoms with van der Waals surface area (Å²) in [5.41, 5.74) is 2.43. The summed E-state index contributed by atoms with van der Waals surface area (Å²) in [4.78, 5) is 19.1. The summed E-state index contributed by atoms with van der Waals surface area (Å²) in [5.74, 6) is -0.154. The SMILES string of the molecule is Cc1ccnc2ccc(C(=O)N3CCC(S(=O)(=O)c4ccc(Cl)cc4)C3)cc12. The van der Waals surface area contributed by atoms with E-state index in [1.165, 1.54) is 12.1 Å². The van der Waals surface area contributed by atoms with E-state index in [0.717, 1.165) is 16.5 Å². The van der Waals surface area contributed by atoms with Crippen LogP contribution in [0.25, 0.3) is 10.9 Å². The number of benzene rings is 2. The molecule has 1 fully saturated rings. The lowest BCUT2D eigenvalue weighted by Crippen LogP contribution is -2.32. The number of likely N-dealkylation sites (tertiary alicyclic amines) is 1. The minimum atomic E-state index is -3.51. The number of nitrogens with zero attached hydrogens (tertiary/aromatic N) is 2.